The molecule has 0 N–H and O–H groups in total. The Kier molecular flexibility index (Phi) is 9.36. The van der Waals surface area contributed by atoms with E-state index >= 15 is 0 Å². The van der Waals surface area contributed by atoms with Gasteiger partial charge in [0.25, 0.3) is 0 Å². The Bertz CT molecular complexity index is 141. The van der Waals surface area contributed by atoms with Crippen LogP contribution in [-0.4, -0.2) is 16.3 Å². The molecule has 3 heteroatoms. The highest BCUT2D eigenvalue weighted by molar-refractivity contribution is 7.99. The summed E-state index contributed by atoms with van der Waals surface area (Å²) in [5.41, 5.74) is 0. The summed E-state index contributed by atoms with van der Waals surface area (Å²) in [6, 6.07) is 0. The van der Waals surface area contributed by atoms with Crippen molar-refractivity contribution in [3.05, 3.63) is 0 Å². The second kappa shape index (κ2) is 9.24. The summed E-state index contributed by atoms with van der Waals surface area (Å²) in [7, 11) is 0. The van der Waals surface area contributed by atoms with Gasteiger partial charge < -0.3 is 0 Å². The Morgan fingerprint density at radius 2 is 2.17 bits per heavy atom. The molecule has 0 saturated carbocycles. The fraction of sp³-hybridized carbons (Fsp3) is 0.889. The molecule has 0 aromatic carbocycles. The van der Waals surface area contributed by atoms with E-state index < -0.39 is 0 Å². The molecule has 0 saturated heterocycles. The third-order valence-electron chi connectivity index (χ3n) is 1.59. The van der Waals surface area contributed by atoms with Gasteiger partial charge in [0.15, 0.2) is 0 Å². The van der Waals surface area contributed by atoms with Crippen LogP contribution in [0.5, 0.6) is 0 Å². The fourth-order valence-electron chi connectivity index (χ4n) is 0.894. The van der Waals surface area contributed by atoms with Crippen molar-refractivity contribution in [3.8, 4) is 0 Å². The lowest BCUT2D eigenvalue weighted by atomic mass is 10.2. The number of aliphatic imine (C=N–C) groups is 1. The molecule has 0 heterocycles. The van der Waals surface area contributed by atoms with Gasteiger partial charge in [-0.2, -0.15) is 0 Å². The van der Waals surface area contributed by atoms with Gasteiger partial charge in [-0.1, -0.05) is 26.2 Å². The number of unbranched alkanes of at least 4 members (excludes halogenated alkanes) is 3. The van der Waals surface area contributed by atoms with E-state index in [2.05, 4.69) is 36.2 Å². The highest BCUT2D eigenvalue weighted by Gasteiger charge is 1.97. The van der Waals surface area contributed by atoms with Crippen LogP contribution in [0.3, 0.4) is 0 Å². The summed E-state index contributed by atoms with van der Waals surface area (Å²) in [5.74, 6) is 1.20. The predicted molar refractivity (Wildman–Crippen MR) is 61.1 cm³/mol. The van der Waals surface area contributed by atoms with Crippen molar-refractivity contribution in [3.63, 3.8) is 0 Å². The highest BCUT2D eigenvalue weighted by Crippen LogP contribution is 2.14. The van der Waals surface area contributed by atoms with Gasteiger partial charge in [0.1, 0.15) is 5.37 Å². The molecule has 0 radical (unpaired) electrons. The van der Waals surface area contributed by atoms with Crippen molar-refractivity contribution >= 4 is 29.1 Å². The Labute approximate surface area is 85.0 Å². The van der Waals surface area contributed by atoms with E-state index in [1.807, 2.05) is 11.8 Å². The highest BCUT2D eigenvalue weighted by atomic mass is 32.2. The first-order valence-corrected chi connectivity index (χ1v) is 5.95. The third-order valence-corrected chi connectivity index (χ3v) is 2.81. The van der Waals surface area contributed by atoms with Gasteiger partial charge >= 0.3 is 0 Å². The second-order valence-corrected chi connectivity index (χ2v) is 4.36. The smallest absolute Gasteiger partial charge is 0.103 e. The van der Waals surface area contributed by atoms with Crippen LogP contribution in [0.1, 0.15) is 39.5 Å². The SMILES string of the molecule is CCCCCCSC(C)N=C=S. The van der Waals surface area contributed by atoms with Crippen molar-refractivity contribution in [2.45, 2.75) is 44.9 Å². The Morgan fingerprint density at radius 3 is 2.75 bits per heavy atom. The standard InChI is InChI=1S/C9H17NS2/c1-3-4-5-6-7-12-9(2)10-8-11/h9H,3-7H2,1-2H3. The third kappa shape index (κ3) is 8.25. The molecule has 0 bridgehead atoms. The van der Waals surface area contributed by atoms with Crippen molar-refractivity contribution in [1.82, 2.24) is 0 Å². The zero-order valence-corrected chi connectivity index (χ0v) is 9.51. The van der Waals surface area contributed by atoms with E-state index in [1.54, 1.807) is 0 Å². The first-order chi connectivity index (χ1) is 5.81. The maximum atomic E-state index is 4.52. The van der Waals surface area contributed by atoms with Crippen LogP contribution in [0.2, 0.25) is 0 Å². The number of hydrogen-bond donors (Lipinski definition) is 0. The van der Waals surface area contributed by atoms with E-state index in [1.165, 1.54) is 31.4 Å². The number of nitrogens with zero attached hydrogens (tertiary/aromatic N) is 1. The molecule has 12 heavy (non-hydrogen) atoms. The van der Waals surface area contributed by atoms with E-state index in [4.69, 9.17) is 0 Å². The molecular weight excluding hydrogens is 186 g/mol. The van der Waals surface area contributed by atoms with Crippen LogP contribution in [0, 0.1) is 0 Å². The molecule has 1 atom stereocenters. The minimum absolute atomic E-state index is 0.295. The largest absolute Gasteiger partial charge is 0.218 e. The Morgan fingerprint density at radius 1 is 1.42 bits per heavy atom. The molecule has 0 aliphatic carbocycles. The molecular formula is C9H17NS2. The van der Waals surface area contributed by atoms with Crippen LogP contribution in [0.15, 0.2) is 4.99 Å². The lowest BCUT2D eigenvalue weighted by Crippen LogP contribution is -1.92. The summed E-state index contributed by atoms with van der Waals surface area (Å²) in [5, 5.41) is 2.70. The first-order valence-electron chi connectivity index (χ1n) is 4.49. The molecule has 70 valence electrons. The molecule has 1 unspecified atom stereocenters. The van der Waals surface area contributed by atoms with Crippen LogP contribution in [0.25, 0.3) is 0 Å². The first kappa shape index (κ1) is 12.2. The number of isothiocyanates is 1. The van der Waals surface area contributed by atoms with Crippen molar-refractivity contribution in [1.29, 1.82) is 0 Å². The van der Waals surface area contributed by atoms with Gasteiger partial charge in [0, 0.05) is 0 Å². The monoisotopic (exact) mass is 203 g/mol. The average molecular weight is 203 g/mol. The van der Waals surface area contributed by atoms with Gasteiger partial charge in [0.05, 0.1) is 5.16 Å². The van der Waals surface area contributed by atoms with Gasteiger partial charge in [-0.05, 0) is 31.3 Å². The maximum absolute atomic E-state index is 4.52. The molecule has 0 amide bonds. The fourth-order valence-corrected chi connectivity index (χ4v) is 1.96. The lowest BCUT2D eigenvalue weighted by molar-refractivity contribution is 0.706. The summed E-state index contributed by atoms with van der Waals surface area (Å²) >= 11 is 6.37. The molecule has 0 aromatic heterocycles. The minimum Gasteiger partial charge on any atom is -0.218 e. The summed E-state index contributed by atoms with van der Waals surface area (Å²) in [6.45, 7) is 4.29. The molecule has 0 rings (SSSR count). The molecule has 0 aromatic rings. The number of rotatable bonds is 7. The van der Waals surface area contributed by atoms with E-state index in [0.29, 0.717) is 5.37 Å². The van der Waals surface area contributed by atoms with Crippen LogP contribution in [0.4, 0.5) is 0 Å². The number of thioether (sulfide) groups is 1. The van der Waals surface area contributed by atoms with Crippen molar-refractivity contribution in [2.75, 3.05) is 5.75 Å². The molecule has 0 aliphatic rings. The zero-order chi connectivity index (χ0) is 9.23. The maximum Gasteiger partial charge on any atom is 0.103 e. The quantitative estimate of drug-likeness (QED) is 0.355. The molecule has 0 fully saturated rings. The van der Waals surface area contributed by atoms with Crippen molar-refractivity contribution in [2.24, 2.45) is 4.99 Å². The van der Waals surface area contributed by atoms with E-state index in [9.17, 15) is 0 Å². The van der Waals surface area contributed by atoms with Gasteiger partial charge in [-0.25, -0.2) is 4.99 Å². The van der Waals surface area contributed by atoms with Gasteiger partial charge in [0.2, 0.25) is 0 Å². The molecule has 0 spiro atoms. The lowest BCUT2D eigenvalue weighted by Gasteiger charge is -2.03. The molecule has 0 aliphatic heterocycles. The summed E-state index contributed by atoms with van der Waals surface area (Å²) < 4.78 is 0. The Hall–Kier alpha value is 0.150. The van der Waals surface area contributed by atoms with E-state index in [0.717, 1.165) is 0 Å². The van der Waals surface area contributed by atoms with Gasteiger partial charge in [-0.15, -0.1) is 11.8 Å². The van der Waals surface area contributed by atoms with Gasteiger partial charge in [-0.3, -0.25) is 0 Å². The normalized spacial score (nSPS) is 12.2. The number of hydrogen-bond acceptors (Lipinski definition) is 3. The predicted octanol–water partition coefficient (Wildman–Crippen LogP) is 3.75. The topological polar surface area (TPSA) is 12.4 Å². The average Bonchev–Trinajstić information content (AvgIpc) is 2.05. The Balaban J connectivity index is 3.13. The van der Waals surface area contributed by atoms with Crippen LogP contribution >= 0.6 is 24.0 Å². The van der Waals surface area contributed by atoms with Crippen LogP contribution < -0.4 is 0 Å². The number of thiocarbonyl (C=S) groups is 1. The van der Waals surface area contributed by atoms with Crippen LogP contribution in [-0.2, 0) is 0 Å². The molecule has 1 nitrogen and oxygen atoms in total. The van der Waals surface area contributed by atoms with E-state index in [-0.39, 0.29) is 0 Å². The van der Waals surface area contributed by atoms with Crippen molar-refractivity contribution < 1.29 is 0 Å². The minimum atomic E-state index is 0.295. The summed E-state index contributed by atoms with van der Waals surface area (Å²) in [6.07, 6.45) is 5.30. The second-order valence-electron chi connectivity index (χ2n) is 2.75. The summed E-state index contributed by atoms with van der Waals surface area (Å²) in [4.78, 5) is 3.97. The zero-order valence-electron chi connectivity index (χ0n) is 7.88.